The summed E-state index contributed by atoms with van der Waals surface area (Å²) in [5.74, 6) is 1.26. The van der Waals surface area contributed by atoms with Crippen molar-refractivity contribution in [2.24, 2.45) is 10.9 Å². The molecule has 3 aliphatic heterocycles. The minimum atomic E-state index is -0.941. The highest BCUT2D eigenvalue weighted by atomic mass is 35.5. The average molecular weight is 722 g/mol. The Labute approximate surface area is 307 Å². The maximum absolute atomic E-state index is 15.3. The highest BCUT2D eigenvalue weighted by Crippen LogP contribution is 2.54. The molecular formula is C39H50Cl2N6O3. The van der Waals surface area contributed by atoms with Crippen LogP contribution in [0.2, 0.25) is 5.02 Å². The van der Waals surface area contributed by atoms with Crippen molar-refractivity contribution in [3.63, 3.8) is 0 Å². The molecule has 0 radical (unpaired) electrons. The molecule has 1 aliphatic carbocycles. The van der Waals surface area contributed by atoms with Gasteiger partial charge < -0.3 is 14.5 Å². The van der Waals surface area contributed by atoms with Crippen LogP contribution in [0.5, 0.6) is 5.75 Å². The first kappa shape index (κ1) is 36.4. The third-order valence-electron chi connectivity index (χ3n) is 11.3. The standard InChI is InChI=1S/C39H50Cl2N6O3/c1-8-50-32-23-33(37(2,3)4)42-24-31(32)35-43-38(5,26-9-13-28(40)14-10-26)39(6,27-11-15-29(41)16-12-27)47(35)36(49)45-19-17-30(18-20-45)46-22-21-44(7)34(48)25-46/h9,11-16,23-24,26,30H,8,10,17-22,25H2,1-7H3/t26?,38-,39+/m0/s1. The zero-order valence-electron chi connectivity index (χ0n) is 30.4. The number of likely N-dealkylation sites (N-methyl/N-ethyl adjacent to an activating group) is 1. The van der Waals surface area contributed by atoms with E-state index in [1.807, 2.05) is 72.5 Å². The number of benzene rings is 1. The first-order valence-electron chi connectivity index (χ1n) is 17.8. The SMILES string of the molecule is CCOc1cc(C(C)(C)C)ncc1C1=N[C@@](C)(C2C=CC(Cl)=CC2)[C@@](C)(c2ccc(Cl)cc2)N1C(=O)N1CCC(N2CCN(C)C(=O)C2)CC1. The molecule has 11 heteroatoms. The van der Waals surface area contributed by atoms with E-state index in [1.54, 1.807) is 4.90 Å². The molecule has 268 valence electrons. The van der Waals surface area contributed by atoms with Crippen molar-refractivity contribution < 1.29 is 14.3 Å². The number of piperazine rings is 1. The molecule has 2 fully saturated rings. The maximum Gasteiger partial charge on any atom is 0.326 e. The molecule has 1 aromatic carbocycles. The zero-order chi connectivity index (χ0) is 36.0. The van der Waals surface area contributed by atoms with E-state index in [-0.39, 0.29) is 29.3 Å². The molecule has 1 unspecified atom stereocenters. The predicted octanol–water partition coefficient (Wildman–Crippen LogP) is 7.22. The lowest BCUT2D eigenvalue weighted by Gasteiger charge is -2.49. The van der Waals surface area contributed by atoms with Gasteiger partial charge in [0, 0.05) is 78.6 Å². The molecule has 1 aromatic heterocycles. The summed E-state index contributed by atoms with van der Waals surface area (Å²) in [7, 11) is 1.86. The van der Waals surface area contributed by atoms with Crippen molar-refractivity contribution in [2.75, 3.05) is 46.4 Å². The van der Waals surface area contributed by atoms with Gasteiger partial charge in [-0.2, -0.15) is 0 Å². The lowest BCUT2D eigenvalue weighted by atomic mass is 9.66. The number of aromatic nitrogens is 1. The van der Waals surface area contributed by atoms with E-state index < -0.39 is 11.1 Å². The van der Waals surface area contributed by atoms with E-state index in [2.05, 4.69) is 45.6 Å². The van der Waals surface area contributed by atoms with Crippen LogP contribution in [0.25, 0.3) is 0 Å². The molecule has 4 heterocycles. The van der Waals surface area contributed by atoms with Crippen molar-refractivity contribution in [3.8, 4) is 5.75 Å². The van der Waals surface area contributed by atoms with Crippen LogP contribution in [0, 0.1) is 5.92 Å². The molecule has 2 saturated heterocycles. The van der Waals surface area contributed by atoms with Gasteiger partial charge in [0.1, 0.15) is 11.6 Å². The number of pyridine rings is 1. The van der Waals surface area contributed by atoms with Crippen LogP contribution in [-0.4, -0.2) is 100 Å². The van der Waals surface area contributed by atoms with Crippen LogP contribution in [0.3, 0.4) is 0 Å². The fraction of sp³-hybridized carbons (Fsp3) is 0.538. The molecule has 0 spiro atoms. The number of carbonyl (C=O) groups is 2. The molecule has 0 N–H and O–H groups in total. The average Bonchev–Trinajstić information content (AvgIpc) is 3.33. The van der Waals surface area contributed by atoms with Gasteiger partial charge in [0.25, 0.3) is 0 Å². The zero-order valence-corrected chi connectivity index (χ0v) is 31.9. The lowest BCUT2D eigenvalue weighted by Crippen LogP contribution is -2.62. The Morgan fingerprint density at radius 3 is 2.36 bits per heavy atom. The topological polar surface area (TPSA) is 81.6 Å². The fourth-order valence-electron chi connectivity index (χ4n) is 7.87. The molecule has 3 amide bonds. The highest BCUT2D eigenvalue weighted by Gasteiger charge is 2.62. The summed E-state index contributed by atoms with van der Waals surface area (Å²) >= 11 is 12.9. The number of aliphatic imine (C=N–C) groups is 1. The summed E-state index contributed by atoms with van der Waals surface area (Å²) in [6, 6.07) is 9.90. The minimum Gasteiger partial charge on any atom is -0.493 e. The Morgan fingerprint density at radius 1 is 1.06 bits per heavy atom. The van der Waals surface area contributed by atoms with Crippen LogP contribution >= 0.6 is 23.2 Å². The molecule has 9 nitrogen and oxygen atoms in total. The van der Waals surface area contributed by atoms with Crippen LogP contribution in [-0.2, 0) is 15.7 Å². The number of ether oxygens (including phenoxy) is 1. The Hall–Kier alpha value is -3.40. The number of likely N-dealkylation sites (tertiary alicyclic amines) is 1. The summed E-state index contributed by atoms with van der Waals surface area (Å²) in [6.07, 6.45) is 10.2. The van der Waals surface area contributed by atoms with Gasteiger partial charge in [-0.25, -0.2) is 4.79 Å². The summed E-state index contributed by atoms with van der Waals surface area (Å²) in [5, 5.41) is 1.31. The summed E-state index contributed by atoms with van der Waals surface area (Å²) < 4.78 is 6.31. The number of hydrogen-bond donors (Lipinski definition) is 0. The van der Waals surface area contributed by atoms with Gasteiger partial charge in [-0.05, 0) is 63.8 Å². The second-order valence-electron chi connectivity index (χ2n) is 15.3. The van der Waals surface area contributed by atoms with Crippen molar-refractivity contribution in [1.29, 1.82) is 0 Å². The summed E-state index contributed by atoms with van der Waals surface area (Å²) in [4.78, 5) is 46.2. The number of urea groups is 1. The van der Waals surface area contributed by atoms with E-state index >= 15 is 4.79 Å². The van der Waals surface area contributed by atoms with Gasteiger partial charge in [0.2, 0.25) is 5.91 Å². The Balaban J connectivity index is 1.46. The first-order valence-corrected chi connectivity index (χ1v) is 18.5. The molecule has 3 atom stereocenters. The molecule has 50 heavy (non-hydrogen) atoms. The van der Waals surface area contributed by atoms with Gasteiger partial charge in [-0.3, -0.25) is 24.6 Å². The maximum atomic E-state index is 15.3. The van der Waals surface area contributed by atoms with E-state index in [0.717, 1.165) is 37.2 Å². The quantitative estimate of drug-likeness (QED) is 0.315. The van der Waals surface area contributed by atoms with E-state index in [4.69, 9.17) is 37.9 Å². The monoisotopic (exact) mass is 720 g/mol. The van der Waals surface area contributed by atoms with E-state index in [9.17, 15) is 4.79 Å². The number of rotatable bonds is 6. The van der Waals surface area contributed by atoms with Crippen LogP contribution in [0.15, 0.2) is 64.8 Å². The predicted molar refractivity (Wildman–Crippen MR) is 200 cm³/mol. The normalized spacial score (nSPS) is 26.7. The molecular weight excluding hydrogens is 671 g/mol. The van der Waals surface area contributed by atoms with E-state index in [0.29, 0.717) is 59.9 Å². The second-order valence-corrected chi connectivity index (χ2v) is 16.2. The van der Waals surface area contributed by atoms with Crippen molar-refractivity contribution >= 4 is 41.0 Å². The second kappa shape index (κ2) is 14.0. The summed E-state index contributed by atoms with van der Waals surface area (Å²) in [6.45, 7) is 16.2. The number of hydrogen-bond acceptors (Lipinski definition) is 6. The Morgan fingerprint density at radius 2 is 1.76 bits per heavy atom. The fourth-order valence-corrected chi connectivity index (χ4v) is 8.16. The molecule has 2 aromatic rings. The molecule has 0 saturated carbocycles. The van der Waals surface area contributed by atoms with Crippen molar-refractivity contribution in [3.05, 3.63) is 81.6 Å². The number of carbonyl (C=O) groups excluding carboxylic acids is 2. The smallest absolute Gasteiger partial charge is 0.326 e. The third-order valence-corrected chi connectivity index (χ3v) is 11.8. The van der Waals surface area contributed by atoms with Gasteiger partial charge in [-0.15, -0.1) is 0 Å². The third kappa shape index (κ3) is 6.57. The van der Waals surface area contributed by atoms with Gasteiger partial charge in [-0.1, -0.05) is 68.3 Å². The van der Waals surface area contributed by atoms with Crippen molar-refractivity contribution in [2.45, 2.75) is 83.3 Å². The van der Waals surface area contributed by atoms with Gasteiger partial charge in [0.05, 0.1) is 29.8 Å². The lowest BCUT2D eigenvalue weighted by molar-refractivity contribution is -0.135. The van der Waals surface area contributed by atoms with Crippen LogP contribution in [0.4, 0.5) is 4.79 Å². The first-order chi connectivity index (χ1) is 23.7. The molecule has 0 bridgehead atoms. The minimum absolute atomic E-state index is 0.0728. The van der Waals surface area contributed by atoms with E-state index in [1.165, 1.54) is 0 Å². The highest BCUT2D eigenvalue weighted by molar-refractivity contribution is 6.31. The molecule has 6 rings (SSSR count). The summed E-state index contributed by atoms with van der Waals surface area (Å²) in [5.41, 5.74) is 0.528. The van der Waals surface area contributed by atoms with Gasteiger partial charge >= 0.3 is 6.03 Å². The Bertz CT molecular complexity index is 1710. The number of amides is 3. The number of allylic oxidation sites excluding steroid dienone is 3. The van der Waals surface area contributed by atoms with Crippen molar-refractivity contribution in [1.82, 2.24) is 24.6 Å². The van der Waals surface area contributed by atoms with Crippen LogP contribution in [0.1, 0.15) is 77.6 Å². The largest absolute Gasteiger partial charge is 0.493 e. The number of halogens is 2. The number of piperidine rings is 1. The van der Waals surface area contributed by atoms with Gasteiger partial charge in [0.15, 0.2) is 0 Å². The number of nitrogens with zero attached hydrogens (tertiary/aromatic N) is 6. The van der Waals surface area contributed by atoms with Crippen LogP contribution < -0.4 is 4.74 Å². The molecule has 4 aliphatic rings. The number of amidine groups is 1. The Kier molecular flexibility index (Phi) is 10.2.